The molecule has 3 rings (SSSR count). The van der Waals surface area contributed by atoms with Gasteiger partial charge < -0.3 is 4.90 Å². The summed E-state index contributed by atoms with van der Waals surface area (Å²) in [4.78, 5) is 22.7. The second-order valence-corrected chi connectivity index (χ2v) is 7.21. The van der Waals surface area contributed by atoms with E-state index in [1.165, 1.54) is 22.9 Å². The molecule has 0 aliphatic rings. The first-order chi connectivity index (χ1) is 12.5. The molecule has 0 atom stereocenters. The van der Waals surface area contributed by atoms with E-state index in [0.29, 0.717) is 12.3 Å². The minimum absolute atomic E-state index is 0.0642. The van der Waals surface area contributed by atoms with Crippen molar-refractivity contribution in [2.75, 3.05) is 12.8 Å². The quantitative estimate of drug-likeness (QED) is 0.625. The van der Waals surface area contributed by atoms with Crippen LogP contribution >= 0.6 is 11.8 Å². The van der Waals surface area contributed by atoms with E-state index in [-0.39, 0.29) is 5.91 Å². The number of aromatic nitrogens is 3. The molecule has 5 nitrogen and oxygen atoms in total. The highest BCUT2D eigenvalue weighted by Crippen LogP contribution is 2.24. The minimum atomic E-state index is 0.0642. The SMILES string of the molecule is Cc1ccc(C)c(-n2ccnc2SCC(=O)N(C)Cc2cccnc2)c1. The number of amides is 1. The van der Waals surface area contributed by atoms with Crippen molar-refractivity contribution in [3.8, 4) is 5.69 Å². The van der Waals surface area contributed by atoms with Gasteiger partial charge in [-0.05, 0) is 42.7 Å². The van der Waals surface area contributed by atoms with Crippen LogP contribution in [-0.4, -0.2) is 38.1 Å². The van der Waals surface area contributed by atoms with Crippen LogP contribution in [-0.2, 0) is 11.3 Å². The molecule has 6 heteroatoms. The molecule has 2 aromatic heterocycles. The van der Waals surface area contributed by atoms with Gasteiger partial charge in [-0.2, -0.15) is 0 Å². The molecular formula is C20H22N4OS. The lowest BCUT2D eigenvalue weighted by molar-refractivity contribution is -0.127. The van der Waals surface area contributed by atoms with Crippen molar-refractivity contribution < 1.29 is 4.79 Å². The van der Waals surface area contributed by atoms with Crippen LogP contribution < -0.4 is 0 Å². The Labute approximate surface area is 158 Å². The average molecular weight is 366 g/mol. The molecule has 0 bridgehead atoms. The predicted molar refractivity (Wildman–Crippen MR) is 104 cm³/mol. The highest BCUT2D eigenvalue weighted by molar-refractivity contribution is 7.99. The second-order valence-electron chi connectivity index (χ2n) is 6.27. The Kier molecular flexibility index (Phi) is 5.73. The molecule has 0 unspecified atom stereocenters. The van der Waals surface area contributed by atoms with Crippen LogP contribution in [0, 0.1) is 13.8 Å². The van der Waals surface area contributed by atoms with E-state index in [4.69, 9.17) is 0 Å². The van der Waals surface area contributed by atoms with E-state index in [2.05, 4.69) is 42.0 Å². The number of imidazole rings is 1. The van der Waals surface area contributed by atoms with Crippen LogP contribution in [0.15, 0.2) is 60.3 Å². The maximum Gasteiger partial charge on any atom is 0.233 e. The molecule has 0 N–H and O–H groups in total. The van der Waals surface area contributed by atoms with Crippen molar-refractivity contribution in [2.45, 2.75) is 25.5 Å². The third-order valence-corrected chi connectivity index (χ3v) is 5.08. The van der Waals surface area contributed by atoms with Crippen LogP contribution in [0.3, 0.4) is 0 Å². The number of carbonyl (C=O) groups is 1. The minimum Gasteiger partial charge on any atom is -0.341 e. The third-order valence-electron chi connectivity index (χ3n) is 4.12. The molecule has 0 aliphatic heterocycles. The number of thioether (sulfide) groups is 1. The average Bonchev–Trinajstić information content (AvgIpc) is 3.11. The van der Waals surface area contributed by atoms with Crippen LogP contribution in [0.2, 0.25) is 0 Å². The van der Waals surface area contributed by atoms with Gasteiger partial charge in [0.25, 0.3) is 0 Å². The molecule has 3 aromatic rings. The van der Waals surface area contributed by atoms with Gasteiger partial charge in [-0.15, -0.1) is 0 Å². The number of rotatable bonds is 6. The molecule has 0 saturated heterocycles. The number of aryl methyl sites for hydroxylation is 2. The second kappa shape index (κ2) is 8.19. The largest absolute Gasteiger partial charge is 0.341 e. The molecule has 0 radical (unpaired) electrons. The standard InChI is InChI=1S/C20H22N4OS/c1-15-6-7-16(2)18(11-15)24-10-9-22-20(24)26-14-19(25)23(3)13-17-5-4-8-21-12-17/h4-12H,13-14H2,1-3H3. The van der Waals surface area contributed by atoms with Crippen LogP contribution in [0.25, 0.3) is 5.69 Å². The number of nitrogens with zero attached hydrogens (tertiary/aromatic N) is 4. The lowest BCUT2D eigenvalue weighted by Gasteiger charge is -2.17. The van der Waals surface area contributed by atoms with Gasteiger partial charge in [0.1, 0.15) is 0 Å². The van der Waals surface area contributed by atoms with Crippen LogP contribution in [0.1, 0.15) is 16.7 Å². The lowest BCUT2D eigenvalue weighted by atomic mass is 10.1. The van der Waals surface area contributed by atoms with Gasteiger partial charge in [-0.25, -0.2) is 4.98 Å². The van der Waals surface area contributed by atoms with E-state index >= 15 is 0 Å². The highest BCUT2D eigenvalue weighted by atomic mass is 32.2. The van der Waals surface area contributed by atoms with Gasteiger partial charge in [0.05, 0.1) is 11.4 Å². The maximum absolute atomic E-state index is 12.5. The normalized spacial score (nSPS) is 10.7. The first kappa shape index (κ1) is 18.2. The summed E-state index contributed by atoms with van der Waals surface area (Å²) in [6, 6.07) is 10.2. The van der Waals surface area contributed by atoms with Crippen molar-refractivity contribution in [2.24, 2.45) is 0 Å². The van der Waals surface area contributed by atoms with E-state index < -0.39 is 0 Å². The fraction of sp³-hybridized carbons (Fsp3) is 0.250. The van der Waals surface area contributed by atoms with Gasteiger partial charge in [-0.1, -0.05) is 30.0 Å². The van der Waals surface area contributed by atoms with E-state index in [1.807, 2.05) is 29.9 Å². The summed E-state index contributed by atoms with van der Waals surface area (Å²) in [7, 11) is 1.81. The topological polar surface area (TPSA) is 51.0 Å². The Morgan fingerprint density at radius 2 is 2.08 bits per heavy atom. The highest BCUT2D eigenvalue weighted by Gasteiger charge is 2.14. The summed E-state index contributed by atoms with van der Waals surface area (Å²) in [5.41, 5.74) is 4.49. The summed E-state index contributed by atoms with van der Waals surface area (Å²) in [5, 5.41) is 0.821. The summed E-state index contributed by atoms with van der Waals surface area (Å²) in [6.07, 6.45) is 7.22. The molecule has 0 saturated carbocycles. The Bertz CT molecular complexity index is 892. The molecule has 0 aliphatic carbocycles. The van der Waals surface area contributed by atoms with E-state index in [9.17, 15) is 4.79 Å². The Balaban J connectivity index is 1.66. The van der Waals surface area contributed by atoms with E-state index in [1.54, 1.807) is 23.5 Å². The smallest absolute Gasteiger partial charge is 0.233 e. The van der Waals surface area contributed by atoms with Crippen LogP contribution in [0.5, 0.6) is 0 Å². The summed E-state index contributed by atoms with van der Waals surface area (Å²) in [5.74, 6) is 0.410. The van der Waals surface area contributed by atoms with Crippen molar-refractivity contribution in [1.29, 1.82) is 0 Å². The zero-order valence-corrected chi connectivity index (χ0v) is 16.0. The molecule has 0 spiro atoms. The van der Waals surface area contributed by atoms with Crippen LogP contribution in [0.4, 0.5) is 0 Å². The third kappa shape index (κ3) is 4.32. The zero-order chi connectivity index (χ0) is 18.5. The van der Waals surface area contributed by atoms with Crippen molar-refractivity contribution in [3.05, 3.63) is 71.8 Å². The fourth-order valence-corrected chi connectivity index (χ4v) is 3.56. The van der Waals surface area contributed by atoms with Crippen molar-refractivity contribution in [1.82, 2.24) is 19.4 Å². The Morgan fingerprint density at radius 3 is 2.85 bits per heavy atom. The molecule has 1 aromatic carbocycles. The lowest BCUT2D eigenvalue weighted by Crippen LogP contribution is -2.27. The monoisotopic (exact) mass is 366 g/mol. The van der Waals surface area contributed by atoms with Gasteiger partial charge in [0.15, 0.2) is 5.16 Å². The van der Waals surface area contributed by atoms with Gasteiger partial charge >= 0.3 is 0 Å². The van der Waals surface area contributed by atoms with Gasteiger partial charge in [0, 0.05) is 38.4 Å². The first-order valence-electron chi connectivity index (χ1n) is 8.41. The predicted octanol–water partition coefficient (Wildman–Crippen LogP) is 3.63. The number of hydrogen-bond acceptors (Lipinski definition) is 4. The molecule has 26 heavy (non-hydrogen) atoms. The maximum atomic E-state index is 12.5. The molecule has 1 amide bonds. The fourth-order valence-electron chi connectivity index (χ4n) is 2.65. The summed E-state index contributed by atoms with van der Waals surface area (Å²) in [6.45, 7) is 4.71. The summed E-state index contributed by atoms with van der Waals surface area (Å²) >= 11 is 1.46. The molecule has 134 valence electrons. The number of hydrogen-bond donors (Lipinski definition) is 0. The van der Waals surface area contributed by atoms with Gasteiger partial charge in [-0.3, -0.25) is 14.3 Å². The van der Waals surface area contributed by atoms with Crippen molar-refractivity contribution >= 4 is 17.7 Å². The number of pyridine rings is 1. The zero-order valence-electron chi connectivity index (χ0n) is 15.2. The summed E-state index contributed by atoms with van der Waals surface area (Å²) < 4.78 is 2.04. The van der Waals surface area contributed by atoms with E-state index in [0.717, 1.165) is 16.4 Å². The number of benzene rings is 1. The number of carbonyl (C=O) groups excluding carboxylic acids is 1. The molecular weight excluding hydrogens is 344 g/mol. The molecule has 2 heterocycles. The Morgan fingerprint density at radius 1 is 1.23 bits per heavy atom. The van der Waals surface area contributed by atoms with Crippen molar-refractivity contribution in [3.63, 3.8) is 0 Å². The first-order valence-corrected chi connectivity index (χ1v) is 9.40. The Hall–Kier alpha value is -2.60. The van der Waals surface area contributed by atoms with Gasteiger partial charge in [0.2, 0.25) is 5.91 Å². The molecule has 0 fully saturated rings.